The van der Waals surface area contributed by atoms with Crippen LogP contribution in [0.3, 0.4) is 0 Å². The van der Waals surface area contributed by atoms with Crippen molar-refractivity contribution in [1.29, 1.82) is 0 Å². The number of carbonyl (C=O) groups excluding carboxylic acids is 1. The van der Waals surface area contributed by atoms with E-state index in [2.05, 4.69) is 5.32 Å². The van der Waals surface area contributed by atoms with E-state index < -0.39 is 5.54 Å². The molecular formula is C7H15ClN2O. The summed E-state index contributed by atoms with van der Waals surface area (Å²) in [7, 11) is 0. The molecule has 0 saturated carbocycles. The molecule has 11 heavy (non-hydrogen) atoms. The van der Waals surface area contributed by atoms with Crippen LogP contribution in [-0.2, 0) is 4.79 Å². The number of hydrogen-bond acceptors (Lipinski definition) is 2. The van der Waals surface area contributed by atoms with Gasteiger partial charge in [-0.3, -0.25) is 4.79 Å². The first-order valence-electron chi connectivity index (χ1n) is 3.70. The topological polar surface area (TPSA) is 55.1 Å². The van der Waals surface area contributed by atoms with Crippen LogP contribution in [0, 0.1) is 0 Å². The fourth-order valence-corrected chi connectivity index (χ4v) is 1.27. The van der Waals surface area contributed by atoms with E-state index in [1.165, 1.54) is 0 Å². The van der Waals surface area contributed by atoms with Gasteiger partial charge in [0.2, 0.25) is 5.91 Å². The highest BCUT2D eigenvalue weighted by molar-refractivity contribution is 5.85. The third-order valence-corrected chi connectivity index (χ3v) is 2.16. The highest BCUT2D eigenvalue weighted by atomic mass is 35.5. The molecule has 1 aliphatic rings. The second-order valence-corrected chi connectivity index (χ2v) is 3.08. The highest BCUT2D eigenvalue weighted by Gasteiger charge is 2.31. The van der Waals surface area contributed by atoms with Gasteiger partial charge in [0, 0.05) is 0 Å². The minimum Gasteiger partial charge on any atom is -0.368 e. The zero-order valence-electron chi connectivity index (χ0n) is 6.72. The van der Waals surface area contributed by atoms with Crippen LogP contribution in [0.15, 0.2) is 0 Å². The smallest absolute Gasteiger partial charge is 0.237 e. The maximum absolute atomic E-state index is 10.8. The second-order valence-electron chi connectivity index (χ2n) is 3.08. The Balaban J connectivity index is 0.000001000. The number of rotatable bonds is 1. The molecule has 0 aromatic rings. The Morgan fingerprint density at radius 2 is 2.18 bits per heavy atom. The van der Waals surface area contributed by atoms with Gasteiger partial charge in [0.15, 0.2) is 0 Å². The molecule has 0 spiro atoms. The van der Waals surface area contributed by atoms with Crippen molar-refractivity contribution in [1.82, 2.24) is 5.32 Å². The molecule has 4 heteroatoms. The Labute approximate surface area is 73.1 Å². The Hall–Kier alpha value is -0.280. The first-order chi connectivity index (χ1) is 4.65. The molecular weight excluding hydrogens is 164 g/mol. The van der Waals surface area contributed by atoms with Crippen molar-refractivity contribution in [2.45, 2.75) is 31.7 Å². The SMILES string of the molecule is CC1(C(N)=O)CCCCN1.Cl. The quantitative estimate of drug-likeness (QED) is 0.612. The maximum atomic E-state index is 10.8. The molecule has 1 unspecified atom stereocenters. The van der Waals surface area contributed by atoms with Crippen LogP contribution in [0.1, 0.15) is 26.2 Å². The normalized spacial score (nSPS) is 30.6. The van der Waals surface area contributed by atoms with E-state index >= 15 is 0 Å². The van der Waals surface area contributed by atoms with Crippen LogP contribution in [0.2, 0.25) is 0 Å². The zero-order valence-corrected chi connectivity index (χ0v) is 7.54. The van der Waals surface area contributed by atoms with Gasteiger partial charge >= 0.3 is 0 Å². The Kier molecular flexibility index (Phi) is 3.83. The van der Waals surface area contributed by atoms with Gasteiger partial charge in [-0.1, -0.05) is 0 Å². The van der Waals surface area contributed by atoms with E-state index in [4.69, 9.17) is 5.73 Å². The Morgan fingerprint density at radius 3 is 2.45 bits per heavy atom. The summed E-state index contributed by atoms with van der Waals surface area (Å²) in [6.07, 6.45) is 3.14. The fraction of sp³-hybridized carbons (Fsp3) is 0.857. The minimum atomic E-state index is -0.432. The summed E-state index contributed by atoms with van der Waals surface area (Å²) >= 11 is 0. The number of piperidine rings is 1. The fourth-order valence-electron chi connectivity index (χ4n) is 1.27. The summed E-state index contributed by atoms with van der Waals surface area (Å²) in [5.74, 6) is -0.229. The monoisotopic (exact) mass is 178 g/mol. The molecule has 0 aliphatic carbocycles. The number of amides is 1. The van der Waals surface area contributed by atoms with E-state index in [1.54, 1.807) is 0 Å². The van der Waals surface area contributed by atoms with Crippen LogP contribution in [0.4, 0.5) is 0 Å². The predicted molar refractivity (Wildman–Crippen MR) is 46.7 cm³/mol. The molecule has 66 valence electrons. The summed E-state index contributed by atoms with van der Waals surface area (Å²) in [4.78, 5) is 10.8. The summed E-state index contributed by atoms with van der Waals surface area (Å²) in [5, 5.41) is 3.12. The van der Waals surface area contributed by atoms with Gasteiger partial charge in [-0.15, -0.1) is 12.4 Å². The molecule has 0 bridgehead atoms. The Bertz CT molecular complexity index is 143. The first-order valence-corrected chi connectivity index (χ1v) is 3.70. The van der Waals surface area contributed by atoms with E-state index in [0.717, 1.165) is 25.8 Å². The average Bonchev–Trinajstić information content (AvgIpc) is 1.89. The number of nitrogens with two attached hydrogens (primary N) is 1. The lowest BCUT2D eigenvalue weighted by molar-refractivity contribution is -0.124. The number of nitrogens with one attached hydrogen (secondary N) is 1. The highest BCUT2D eigenvalue weighted by Crippen LogP contribution is 2.17. The van der Waals surface area contributed by atoms with Crippen LogP contribution in [0.25, 0.3) is 0 Å². The zero-order chi connectivity index (χ0) is 7.61. The summed E-state index contributed by atoms with van der Waals surface area (Å²) in [6.45, 7) is 2.79. The third-order valence-electron chi connectivity index (χ3n) is 2.16. The molecule has 1 heterocycles. The molecule has 3 nitrogen and oxygen atoms in total. The molecule has 1 rings (SSSR count). The molecule has 1 fully saturated rings. The molecule has 1 saturated heterocycles. The molecule has 1 atom stereocenters. The van der Waals surface area contributed by atoms with Gasteiger partial charge in [-0.2, -0.15) is 0 Å². The van der Waals surface area contributed by atoms with E-state index in [1.807, 2.05) is 6.92 Å². The van der Waals surface area contributed by atoms with Crippen molar-refractivity contribution in [2.75, 3.05) is 6.54 Å². The van der Waals surface area contributed by atoms with Crippen LogP contribution in [0.5, 0.6) is 0 Å². The standard InChI is InChI=1S/C7H14N2O.ClH/c1-7(6(8)10)4-2-3-5-9-7;/h9H,2-5H2,1H3,(H2,8,10);1H. The van der Waals surface area contributed by atoms with Crippen molar-refractivity contribution in [2.24, 2.45) is 5.73 Å². The molecule has 0 radical (unpaired) electrons. The minimum absolute atomic E-state index is 0. The van der Waals surface area contributed by atoms with Gasteiger partial charge in [0.25, 0.3) is 0 Å². The van der Waals surface area contributed by atoms with Crippen molar-refractivity contribution in [3.8, 4) is 0 Å². The van der Waals surface area contributed by atoms with Crippen LogP contribution >= 0.6 is 12.4 Å². The van der Waals surface area contributed by atoms with Crippen molar-refractivity contribution >= 4 is 18.3 Å². The van der Waals surface area contributed by atoms with Gasteiger partial charge in [-0.05, 0) is 32.7 Å². The van der Waals surface area contributed by atoms with Gasteiger partial charge < -0.3 is 11.1 Å². The lowest BCUT2D eigenvalue weighted by atomic mass is 9.90. The molecule has 1 amide bonds. The first kappa shape index (κ1) is 10.7. The van der Waals surface area contributed by atoms with Crippen molar-refractivity contribution in [3.63, 3.8) is 0 Å². The number of hydrogen-bond donors (Lipinski definition) is 2. The molecule has 3 N–H and O–H groups in total. The van der Waals surface area contributed by atoms with E-state index in [9.17, 15) is 4.79 Å². The Morgan fingerprint density at radius 1 is 1.55 bits per heavy atom. The van der Waals surface area contributed by atoms with Gasteiger partial charge in [0.05, 0.1) is 5.54 Å². The van der Waals surface area contributed by atoms with E-state index in [0.29, 0.717) is 0 Å². The average molecular weight is 179 g/mol. The van der Waals surface area contributed by atoms with Crippen LogP contribution in [-0.4, -0.2) is 18.0 Å². The lowest BCUT2D eigenvalue weighted by Gasteiger charge is -2.31. The largest absolute Gasteiger partial charge is 0.368 e. The third kappa shape index (κ3) is 2.34. The number of primary amides is 1. The second kappa shape index (κ2) is 3.93. The molecule has 1 aliphatic heterocycles. The van der Waals surface area contributed by atoms with Gasteiger partial charge in [0.1, 0.15) is 0 Å². The van der Waals surface area contributed by atoms with E-state index in [-0.39, 0.29) is 18.3 Å². The van der Waals surface area contributed by atoms with Crippen molar-refractivity contribution in [3.05, 3.63) is 0 Å². The summed E-state index contributed by atoms with van der Waals surface area (Å²) in [5.41, 5.74) is 4.77. The number of carbonyl (C=O) groups is 1. The predicted octanol–water partition coefficient (Wildman–Crippen LogP) is 0.426. The molecule has 0 aromatic carbocycles. The van der Waals surface area contributed by atoms with Crippen molar-refractivity contribution < 1.29 is 4.79 Å². The maximum Gasteiger partial charge on any atom is 0.237 e. The molecule has 0 aromatic heterocycles. The van der Waals surface area contributed by atoms with Gasteiger partial charge in [-0.25, -0.2) is 0 Å². The lowest BCUT2D eigenvalue weighted by Crippen LogP contribution is -2.55. The van der Waals surface area contributed by atoms with Crippen LogP contribution < -0.4 is 11.1 Å². The summed E-state index contributed by atoms with van der Waals surface area (Å²) < 4.78 is 0. The summed E-state index contributed by atoms with van der Waals surface area (Å²) in [6, 6.07) is 0. The number of halogens is 1.